The molecule has 1 rings (SSSR count). The molecule has 0 amide bonds. The first-order valence-electron chi connectivity index (χ1n) is 3.74. The molecule has 58 valence electrons. The van der Waals surface area contributed by atoms with Crippen LogP contribution < -0.4 is 0 Å². The number of hydrogen-bond acceptors (Lipinski definition) is 1. The van der Waals surface area contributed by atoms with Gasteiger partial charge in [-0.15, -0.1) is 0 Å². The van der Waals surface area contributed by atoms with E-state index in [2.05, 4.69) is 47.5 Å². The first-order valence-corrected chi connectivity index (χ1v) is 7.03. The molecule has 0 bridgehead atoms. The van der Waals surface area contributed by atoms with Gasteiger partial charge in [0.2, 0.25) is 0 Å². The van der Waals surface area contributed by atoms with Crippen molar-refractivity contribution in [2.45, 2.75) is 4.44 Å². The zero-order chi connectivity index (χ0) is 8.10. The maximum absolute atomic E-state index is 2.37. The molecule has 0 saturated carbocycles. The Labute approximate surface area is 79.0 Å². The normalized spacial score (nSPS) is 10.5. The van der Waals surface area contributed by atoms with Gasteiger partial charge in [0.15, 0.2) is 0 Å². The van der Waals surface area contributed by atoms with Crippen molar-refractivity contribution < 1.29 is 0 Å². The molecule has 0 N–H and O–H groups in total. The summed E-state index contributed by atoms with van der Waals surface area (Å²) in [4.78, 5) is 0. The van der Waals surface area contributed by atoms with Gasteiger partial charge >= 0.3 is 79.0 Å². The first kappa shape index (κ1) is 9.07. The summed E-state index contributed by atoms with van der Waals surface area (Å²) < 4.78 is 3.69. The van der Waals surface area contributed by atoms with E-state index in [0.717, 1.165) is 0 Å². The van der Waals surface area contributed by atoms with Gasteiger partial charge < -0.3 is 0 Å². The molecule has 0 aromatic heterocycles. The molecule has 0 fully saturated rings. The second kappa shape index (κ2) is 4.78. The molecule has 2 radical (unpaired) electrons. The van der Waals surface area contributed by atoms with Gasteiger partial charge in [0, 0.05) is 0 Å². The van der Waals surface area contributed by atoms with Crippen LogP contribution in [0.15, 0.2) is 30.3 Å². The predicted octanol–water partition coefficient (Wildman–Crippen LogP) is 1.37. The van der Waals surface area contributed by atoms with Gasteiger partial charge in [-0.2, -0.15) is 0 Å². The third-order valence-electron chi connectivity index (χ3n) is 1.44. The Morgan fingerprint density at radius 2 is 1.82 bits per heavy atom. The third kappa shape index (κ3) is 3.77. The molecule has 11 heavy (non-hydrogen) atoms. The zero-order valence-corrected chi connectivity index (χ0v) is 9.90. The molecule has 0 atom stereocenters. The van der Waals surface area contributed by atoms with Crippen LogP contribution in [0.1, 0.15) is 5.56 Å². The second-order valence-corrected chi connectivity index (χ2v) is 7.18. The summed E-state index contributed by atoms with van der Waals surface area (Å²) >= 11 is -0.276. The summed E-state index contributed by atoms with van der Waals surface area (Å²) in [5, 5.41) is 0. The Hall–Kier alpha value is -0.0213. The van der Waals surface area contributed by atoms with E-state index >= 15 is 0 Å². The monoisotopic (exact) mass is 255 g/mol. The average molecular weight is 254 g/mol. The Morgan fingerprint density at radius 3 is 2.36 bits per heavy atom. The van der Waals surface area contributed by atoms with Crippen molar-refractivity contribution in [1.29, 1.82) is 0 Å². The van der Waals surface area contributed by atoms with Crippen LogP contribution in [0.4, 0.5) is 0 Å². The Bertz CT molecular complexity index is 196. The van der Waals surface area contributed by atoms with Crippen LogP contribution in [0.2, 0.25) is 0 Å². The predicted molar refractivity (Wildman–Crippen MR) is 49.6 cm³/mol. The molecule has 0 aliphatic heterocycles. The van der Waals surface area contributed by atoms with Crippen molar-refractivity contribution in [3.63, 3.8) is 0 Å². The van der Waals surface area contributed by atoms with Crippen molar-refractivity contribution in [1.82, 2.24) is 3.12 Å². The average Bonchev–Trinajstić information content (AvgIpc) is 2.03. The molecule has 1 nitrogen and oxygen atoms in total. The molecule has 1 aromatic rings. The van der Waals surface area contributed by atoms with Gasteiger partial charge in [0.1, 0.15) is 0 Å². The number of benzene rings is 1. The van der Waals surface area contributed by atoms with E-state index in [4.69, 9.17) is 0 Å². The van der Waals surface area contributed by atoms with Crippen molar-refractivity contribution in [3.8, 4) is 0 Å². The molecular formula is C9H13NSn. The number of hydrogen-bond donors (Lipinski definition) is 0. The fraction of sp³-hybridized carbons (Fsp3) is 0.333. The molecular weight excluding hydrogens is 241 g/mol. The summed E-state index contributed by atoms with van der Waals surface area (Å²) in [7, 11) is 4.35. The van der Waals surface area contributed by atoms with E-state index in [0.29, 0.717) is 0 Å². The molecule has 0 saturated heterocycles. The fourth-order valence-corrected chi connectivity index (χ4v) is 2.94. The van der Waals surface area contributed by atoms with Gasteiger partial charge in [-0.05, 0) is 0 Å². The molecule has 0 spiro atoms. The molecule has 0 aliphatic carbocycles. The number of nitrogens with zero attached hydrogens (tertiary/aromatic N) is 1. The zero-order valence-electron chi connectivity index (χ0n) is 7.04. The topological polar surface area (TPSA) is 3.24 Å². The van der Waals surface area contributed by atoms with Crippen LogP contribution in [0, 0.1) is 0 Å². The molecule has 0 aliphatic rings. The van der Waals surface area contributed by atoms with Gasteiger partial charge in [-0.3, -0.25) is 0 Å². The van der Waals surface area contributed by atoms with E-state index in [9.17, 15) is 0 Å². The van der Waals surface area contributed by atoms with Crippen molar-refractivity contribution in [3.05, 3.63) is 35.9 Å². The van der Waals surface area contributed by atoms with Crippen molar-refractivity contribution in [2.24, 2.45) is 0 Å². The van der Waals surface area contributed by atoms with E-state index in [1.165, 1.54) is 10.0 Å². The summed E-state index contributed by atoms with van der Waals surface area (Å²) in [5.74, 6) is 0. The van der Waals surface area contributed by atoms with Gasteiger partial charge in [-0.25, -0.2) is 0 Å². The minimum atomic E-state index is -0.276. The van der Waals surface area contributed by atoms with Crippen LogP contribution in [0.5, 0.6) is 0 Å². The van der Waals surface area contributed by atoms with Crippen LogP contribution in [-0.4, -0.2) is 38.6 Å². The maximum atomic E-state index is 2.37. The quantitative estimate of drug-likeness (QED) is 0.736. The van der Waals surface area contributed by atoms with Crippen LogP contribution in [0.25, 0.3) is 0 Å². The van der Waals surface area contributed by atoms with Gasteiger partial charge in [0.05, 0.1) is 0 Å². The third-order valence-corrected chi connectivity index (χ3v) is 4.86. The second-order valence-electron chi connectivity index (χ2n) is 2.71. The molecule has 2 heteroatoms. The number of rotatable bonds is 3. The summed E-state index contributed by atoms with van der Waals surface area (Å²) in [6.45, 7) is 0. The van der Waals surface area contributed by atoms with E-state index in [-0.39, 0.29) is 21.4 Å². The first-order chi connectivity index (χ1) is 5.29. The SMILES string of the molecule is C[N](C)[Sn][CH2]c1ccccc1. The Balaban J connectivity index is 2.39. The van der Waals surface area contributed by atoms with E-state index in [1.807, 2.05) is 0 Å². The summed E-state index contributed by atoms with van der Waals surface area (Å²) in [6.07, 6.45) is 0. The Morgan fingerprint density at radius 1 is 1.18 bits per heavy atom. The molecule has 1 aromatic carbocycles. The van der Waals surface area contributed by atoms with Crippen molar-refractivity contribution >= 4 is 21.4 Å². The van der Waals surface area contributed by atoms with Crippen LogP contribution >= 0.6 is 0 Å². The van der Waals surface area contributed by atoms with E-state index < -0.39 is 0 Å². The summed E-state index contributed by atoms with van der Waals surface area (Å²) in [6, 6.07) is 10.7. The van der Waals surface area contributed by atoms with Crippen LogP contribution in [-0.2, 0) is 4.44 Å². The standard InChI is InChI=1S/C7H7.C2H6N.Sn/c1-7-5-3-2-4-6-7;1-3-2;/h2-6H,1H2;1-2H3;/q;-1;+1. The van der Waals surface area contributed by atoms with Gasteiger partial charge in [0.25, 0.3) is 0 Å². The van der Waals surface area contributed by atoms with Crippen LogP contribution in [0.3, 0.4) is 0 Å². The minimum absolute atomic E-state index is 0.276. The summed E-state index contributed by atoms with van der Waals surface area (Å²) in [5.41, 5.74) is 1.49. The van der Waals surface area contributed by atoms with E-state index in [1.54, 1.807) is 0 Å². The molecule has 0 heterocycles. The van der Waals surface area contributed by atoms with Crippen molar-refractivity contribution in [2.75, 3.05) is 14.1 Å². The molecule has 0 unspecified atom stereocenters. The Kier molecular flexibility index (Phi) is 3.94. The van der Waals surface area contributed by atoms with Gasteiger partial charge in [-0.1, -0.05) is 0 Å². The fourth-order valence-electron chi connectivity index (χ4n) is 0.845.